The van der Waals surface area contributed by atoms with Gasteiger partial charge in [-0.3, -0.25) is 10.3 Å². The summed E-state index contributed by atoms with van der Waals surface area (Å²) in [6.07, 6.45) is 1.08. The minimum atomic E-state index is -0.594. The Bertz CT molecular complexity index is 1350. The highest BCUT2D eigenvalue weighted by Gasteiger charge is 2.21. The number of carbonyl (C=O) groups excluding carboxylic acids is 1. The van der Waals surface area contributed by atoms with Gasteiger partial charge in [0.2, 0.25) is 5.62 Å². The minimum absolute atomic E-state index is 0.00263. The summed E-state index contributed by atoms with van der Waals surface area (Å²) in [6.45, 7) is 7.55. The number of nitrogens with zero attached hydrogens (tertiary/aromatic N) is 5. The average molecular weight is 536 g/mol. The molecule has 2 aromatic carbocycles. The Morgan fingerprint density at radius 2 is 1.89 bits per heavy atom. The number of nitrogen functional groups attached to an aromatic ring is 1. The van der Waals surface area contributed by atoms with Crippen LogP contribution in [0.3, 0.4) is 0 Å². The van der Waals surface area contributed by atoms with Gasteiger partial charge in [0.05, 0.1) is 5.56 Å². The first kappa shape index (κ1) is 27.2. The molecule has 0 saturated carbocycles. The molecule has 1 aromatic heterocycles. The standard InChI is InChI=1S/C27H34ClN9O/c1-19-6-8-22(9-7-19)36-14-12-35(13-15-36)11-10-34(2)25-23(17-29)24(30)37(26(31)33-25)27(38)32-18-20-4-3-5-21(28)16-20/h3-9,16-17,29,31H,10-15,18,30H2,1-2H3,(H,32,38). The van der Waals surface area contributed by atoms with Crippen LogP contribution in [-0.2, 0) is 6.54 Å². The first-order valence-corrected chi connectivity index (χ1v) is 12.9. The maximum atomic E-state index is 12.9. The topological polar surface area (TPSA) is 130 Å². The zero-order valence-corrected chi connectivity index (χ0v) is 22.5. The van der Waals surface area contributed by atoms with Crippen LogP contribution >= 0.6 is 11.6 Å². The molecule has 200 valence electrons. The van der Waals surface area contributed by atoms with Gasteiger partial charge in [0.15, 0.2) is 0 Å². The fourth-order valence-corrected chi connectivity index (χ4v) is 4.69. The van der Waals surface area contributed by atoms with Crippen molar-refractivity contribution in [3.8, 4) is 0 Å². The molecule has 3 aromatic rings. The fraction of sp³-hybridized carbons (Fsp3) is 0.333. The van der Waals surface area contributed by atoms with Gasteiger partial charge in [0, 0.05) is 69.8 Å². The van der Waals surface area contributed by atoms with Gasteiger partial charge in [-0.25, -0.2) is 9.36 Å². The number of aryl methyl sites for hydroxylation is 1. The number of carbonyl (C=O) groups is 1. The van der Waals surface area contributed by atoms with Crippen LogP contribution in [0.1, 0.15) is 16.7 Å². The molecule has 1 aliphatic heterocycles. The third-order valence-corrected chi connectivity index (χ3v) is 6.98. The highest BCUT2D eigenvalue weighted by atomic mass is 35.5. The van der Waals surface area contributed by atoms with Gasteiger partial charge in [-0.2, -0.15) is 4.98 Å². The van der Waals surface area contributed by atoms with E-state index in [4.69, 9.17) is 28.2 Å². The summed E-state index contributed by atoms with van der Waals surface area (Å²) in [5, 5.41) is 19.6. The molecule has 11 heteroatoms. The maximum absolute atomic E-state index is 12.9. The number of aromatic nitrogens is 2. The summed E-state index contributed by atoms with van der Waals surface area (Å²) in [4.78, 5) is 23.9. The predicted molar refractivity (Wildman–Crippen MR) is 153 cm³/mol. The minimum Gasteiger partial charge on any atom is -0.384 e. The fourth-order valence-electron chi connectivity index (χ4n) is 4.48. The van der Waals surface area contributed by atoms with Crippen molar-refractivity contribution >= 4 is 41.2 Å². The van der Waals surface area contributed by atoms with Crippen LogP contribution in [0, 0.1) is 17.7 Å². The first-order chi connectivity index (χ1) is 18.3. The Morgan fingerprint density at radius 1 is 1.18 bits per heavy atom. The molecule has 2 heterocycles. The number of anilines is 3. The van der Waals surface area contributed by atoms with E-state index in [2.05, 4.69) is 51.3 Å². The van der Waals surface area contributed by atoms with E-state index in [1.165, 1.54) is 11.3 Å². The van der Waals surface area contributed by atoms with Crippen molar-refractivity contribution < 1.29 is 4.79 Å². The highest BCUT2D eigenvalue weighted by Crippen LogP contribution is 2.20. The van der Waals surface area contributed by atoms with E-state index in [0.717, 1.165) is 49.1 Å². The van der Waals surface area contributed by atoms with Gasteiger partial charge in [-0.05, 0) is 36.8 Å². The number of hydrogen-bond acceptors (Lipinski definition) is 8. The molecule has 38 heavy (non-hydrogen) atoms. The summed E-state index contributed by atoms with van der Waals surface area (Å²) in [5.41, 5.74) is 9.59. The van der Waals surface area contributed by atoms with E-state index in [0.29, 0.717) is 22.9 Å². The molecule has 1 amide bonds. The van der Waals surface area contributed by atoms with E-state index in [1.807, 2.05) is 18.0 Å². The molecule has 0 unspecified atom stereocenters. The van der Waals surface area contributed by atoms with Crippen molar-refractivity contribution in [2.24, 2.45) is 0 Å². The van der Waals surface area contributed by atoms with Gasteiger partial charge in [-0.1, -0.05) is 41.4 Å². The number of nitrogens with one attached hydrogen (secondary N) is 3. The van der Waals surface area contributed by atoms with Crippen LogP contribution in [0.2, 0.25) is 5.02 Å². The van der Waals surface area contributed by atoms with Gasteiger partial charge in [0.1, 0.15) is 11.6 Å². The average Bonchev–Trinajstić information content (AvgIpc) is 2.91. The summed E-state index contributed by atoms with van der Waals surface area (Å²) < 4.78 is 0.979. The lowest BCUT2D eigenvalue weighted by Crippen LogP contribution is -2.48. The van der Waals surface area contributed by atoms with Crippen LogP contribution in [0.4, 0.5) is 22.1 Å². The number of halogens is 1. The number of rotatable bonds is 8. The maximum Gasteiger partial charge on any atom is 0.330 e. The van der Waals surface area contributed by atoms with Crippen molar-refractivity contribution in [2.45, 2.75) is 13.5 Å². The molecule has 0 bridgehead atoms. The van der Waals surface area contributed by atoms with Gasteiger partial charge in [-0.15, -0.1) is 0 Å². The first-order valence-electron chi connectivity index (χ1n) is 12.5. The number of benzene rings is 2. The van der Waals surface area contributed by atoms with Gasteiger partial charge < -0.3 is 26.3 Å². The molecule has 4 rings (SSSR count). The molecule has 1 fully saturated rings. The van der Waals surface area contributed by atoms with Crippen LogP contribution in [0.25, 0.3) is 0 Å². The SMILES string of the molecule is Cc1ccc(N2CCN(CCN(C)c3nc(=N)n(C(=O)NCc4cccc(Cl)c4)c(N)c3C=N)CC2)cc1. The summed E-state index contributed by atoms with van der Waals surface area (Å²) in [6, 6.07) is 15.2. The Labute approximate surface area is 227 Å². The Hall–Kier alpha value is -3.89. The molecule has 5 N–H and O–H groups in total. The highest BCUT2D eigenvalue weighted by molar-refractivity contribution is 6.30. The number of piperazine rings is 1. The third kappa shape index (κ3) is 6.32. The van der Waals surface area contributed by atoms with E-state index in [-0.39, 0.29) is 18.0 Å². The van der Waals surface area contributed by atoms with Gasteiger partial charge in [0.25, 0.3) is 0 Å². The van der Waals surface area contributed by atoms with Crippen molar-refractivity contribution in [1.29, 1.82) is 10.8 Å². The number of hydrogen-bond donors (Lipinski definition) is 4. The predicted octanol–water partition coefficient (Wildman–Crippen LogP) is 2.92. The van der Waals surface area contributed by atoms with Crippen LogP contribution in [0.15, 0.2) is 48.5 Å². The van der Waals surface area contributed by atoms with Crippen molar-refractivity contribution in [1.82, 2.24) is 19.8 Å². The number of amides is 1. The van der Waals surface area contributed by atoms with Crippen LogP contribution in [-0.4, -0.2) is 73.0 Å². The molecule has 1 saturated heterocycles. The Kier molecular flexibility index (Phi) is 8.65. The quantitative estimate of drug-likeness (QED) is 0.328. The molecular formula is C27H34ClN9O. The van der Waals surface area contributed by atoms with E-state index in [1.54, 1.807) is 18.2 Å². The summed E-state index contributed by atoms with van der Waals surface area (Å²) >= 11 is 6.01. The van der Waals surface area contributed by atoms with Gasteiger partial charge >= 0.3 is 6.03 Å². The lowest BCUT2D eigenvalue weighted by atomic mass is 10.2. The van der Waals surface area contributed by atoms with Crippen molar-refractivity contribution in [2.75, 3.05) is 61.8 Å². The Morgan fingerprint density at radius 3 is 2.55 bits per heavy atom. The summed E-state index contributed by atoms with van der Waals surface area (Å²) in [7, 11) is 1.86. The van der Waals surface area contributed by atoms with Crippen molar-refractivity contribution in [3.63, 3.8) is 0 Å². The lowest BCUT2D eigenvalue weighted by Gasteiger charge is -2.37. The lowest BCUT2D eigenvalue weighted by molar-refractivity contribution is 0.241. The molecule has 0 atom stereocenters. The second-order valence-electron chi connectivity index (χ2n) is 9.41. The smallest absolute Gasteiger partial charge is 0.330 e. The van der Waals surface area contributed by atoms with E-state index < -0.39 is 6.03 Å². The zero-order valence-electron chi connectivity index (χ0n) is 21.7. The van der Waals surface area contributed by atoms with E-state index in [9.17, 15) is 4.79 Å². The van der Waals surface area contributed by atoms with Crippen LogP contribution in [0.5, 0.6) is 0 Å². The second kappa shape index (κ2) is 12.1. The summed E-state index contributed by atoms with van der Waals surface area (Å²) in [5.74, 6) is 0.400. The second-order valence-corrected chi connectivity index (χ2v) is 9.85. The van der Waals surface area contributed by atoms with Crippen LogP contribution < -0.4 is 26.5 Å². The third-order valence-electron chi connectivity index (χ3n) is 6.75. The largest absolute Gasteiger partial charge is 0.384 e. The molecule has 0 spiro atoms. The molecule has 10 nitrogen and oxygen atoms in total. The Balaban J connectivity index is 1.38. The molecular weight excluding hydrogens is 502 g/mol. The van der Waals surface area contributed by atoms with Crippen molar-refractivity contribution in [3.05, 3.63) is 75.9 Å². The van der Waals surface area contributed by atoms with E-state index >= 15 is 0 Å². The number of nitrogens with two attached hydrogens (primary N) is 1. The molecule has 0 radical (unpaired) electrons. The zero-order chi connectivity index (χ0) is 27.2. The monoisotopic (exact) mass is 535 g/mol. The normalized spacial score (nSPS) is 13.8. The number of likely N-dealkylation sites (N-methyl/N-ethyl adjacent to an activating group) is 1. The molecule has 0 aliphatic carbocycles. The molecule has 1 aliphatic rings.